The van der Waals surface area contributed by atoms with Crippen molar-refractivity contribution in [1.29, 1.82) is 0 Å². The molecular formula is C16H19N3O. The zero-order valence-corrected chi connectivity index (χ0v) is 11.7. The number of nitrogens with zero attached hydrogens (tertiary/aromatic N) is 3. The Morgan fingerprint density at radius 3 is 2.50 bits per heavy atom. The highest BCUT2D eigenvalue weighted by atomic mass is 16.5. The first-order chi connectivity index (χ1) is 9.83. The van der Waals surface area contributed by atoms with E-state index in [0.29, 0.717) is 0 Å². The molecule has 2 heterocycles. The normalized spacial score (nSPS) is 15.9. The Labute approximate surface area is 119 Å². The minimum atomic E-state index is 0.813. The fourth-order valence-corrected chi connectivity index (χ4v) is 2.32. The second-order valence-electron chi connectivity index (χ2n) is 4.92. The highest BCUT2D eigenvalue weighted by molar-refractivity contribution is 5.80. The van der Waals surface area contributed by atoms with Gasteiger partial charge in [0, 0.05) is 32.0 Å². The van der Waals surface area contributed by atoms with E-state index < -0.39 is 0 Å². The monoisotopic (exact) mass is 269 g/mol. The highest BCUT2D eigenvalue weighted by Crippen LogP contribution is 2.20. The Bertz CT molecular complexity index is 580. The van der Waals surface area contributed by atoms with E-state index in [4.69, 9.17) is 4.74 Å². The molecule has 4 nitrogen and oxygen atoms in total. The summed E-state index contributed by atoms with van der Waals surface area (Å²) in [7, 11) is 2.02. The first-order valence-electron chi connectivity index (χ1n) is 6.91. The van der Waals surface area contributed by atoms with Crippen LogP contribution in [0.4, 0.5) is 11.4 Å². The molecule has 104 valence electrons. The average molecular weight is 269 g/mol. The third-order valence-electron chi connectivity index (χ3n) is 3.56. The van der Waals surface area contributed by atoms with E-state index in [1.165, 1.54) is 5.69 Å². The van der Waals surface area contributed by atoms with Crippen LogP contribution in [0.15, 0.2) is 47.6 Å². The molecule has 1 fully saturated rings. The van der Waals surface area contributed by atoms with Crippen molar-refractivity contribution in [3.63, 3.8) is 0 Å². The summed E-state index contributed by atoms with van der Waals surface area (Å²) in [5.74, 6) is 0. The number of hydrogen-bond donors (Lipinski definition) is 0. The number of anilines is 1. The maximum absolute atomic E-state index is 5.37. The molecule has 3 rings (SSSR count). The van der Waals surface area contributed by atoms with E-state index in [9.17, 15) is 0 Å². The van der Waals surface area contributed by atoms with Crippen molar-refractivity contribution in [2.24, 2.45) is 12.0 Å². The van der Waals surface area contributed by atoms with Gasteiger partial charge in [0.2, 0.25) is 0 Å². The molecule has 20 heavy (non-hydrogen) atoms. The third-order valence-corrected chi connectivity index (χ3v) is 3.56. The van der Waals surface area contributed by atoms with Gasteiger partial charge in [0.15, 0.2) is 0 Å². The molecule has 1 aromatic heterocycles. The Morgan fingerprint density at radius 1 is 1.10 bits per heavy atom. The minimum absolute atomic E-state index is 0.813. The van der Waals surface area contributed by atoms with E-state index in [1.807, 2.05) is 36.2 Å². The van der Waals surface area contributed by atoms with Gasteiger partial charge in [-0.3, -0.25) is 4.99 Å². The summed E-state index contributed by atoms with van der Waals surface area (Å²) in [6.45, 7) is 3.55. The van der Waals surface area contributed by atoms with Crippen molar-refractivity contribution in [2.75, 3.05) is 31.2 Å². The van der Waals surface area contributed by atoms with Gasteiger partial charge in [-0.1, -0.05) is 0 Å². The van der Waals surface area contributed by atoms with Gasteiger partial charge in [-0.25, -0.2) is 0 Å². The fourth-order valence-electron chi connectivity index (χ4n) is 2.32. The standard InChI is InChI=1S/C16H19N3O/c1-18-8-2-3-16(18)13-17-14-4-6-15(7-5-14)19-9-11-20-12-10-19/h2-8,13H,9-12H2,1H3. The summed E-state index contributed by atoms with van der Waals surface area (Å²) in [6.07, 6.45) is 3.91. The van der Waals surface area contributed by atoms with E-state index >= 15 is 0 Å². The minimum Gasteiger partial charge on any atom is -0.378 e. The Kier molecular flexibility index (Phi) is 3.83. The maximum Gasteiger partial charge on any atom is 0.0642 e. The molecule has 0 amide bonds. The Hall–Kier alpha value is -2.07. The van der Waals surface area contributed by atoms with Crippen molar-refractivity contribution >= 4 is 17.6 Å². The number of aliphatic imine (C=N–C) groups is 1. The van der Waals surface area contributed by atoms with Gasteiger partial charge in [-0.2, -0.15) is 0 Å². The predicted octanol–water partition coefficient (Wildman–Crippen LogP) is 2.61. The van der Waals surface area contributed by atoms with Crippen molar-refractivity contribution in [2.45, 2.75) is 0 Å². The van der Waals surface area contributed by atoms with Crippen LogP contribution < -0.4 is 4.90 Å². The molecule has 0 aliphatic carbocycles. The quantitative estimate of drug-likeness (QED) is 0.802. The zero-order valence-electron chi connectivity index (χ0n) is 11.7. The molecule has 1 aliphatic rings. The van der Waals surface area contributed by atoms with Gasteiger partial charge in [-0.15, -0.1) is 0 Å². The molecule has 0 unspecified atom stereocenters. The second-order valence-corrected chi connectivity index (χ2v) is 4.92. The molecule has 0 spiro atoms. The smallest absolute Gasteiger partial charge is 0.0642 e. The Balaban J connectivity index is 1.69. The molecule has 2 aromatic rings. The lowest BCUT2D eigenvalue weighted by Crippen LogP contribution is -2.36. The van der Waals surface area contributed by atoms with Gasteiger partial charge in [0.25, 0.3) is 0 Å². The van der Waals surface area contributed by atoms with Crippen LogP contribution in [0.5, 0.6) is 0 Å². The van der Waals surface area contributed by atoms with E-state index in [-0.39, 0.29) is 0 Å². The lowest BCUT2D eigenvalue weighted by Gasteiger charge is -2.28. The summed E-state index contributed by atoms with van der Waals surface area (Å²) in [5.41, 5.74) is 3.32. The first kappa shape index (κ1) is 12.9. The zero-order chi connectivity index (χ0) is 13.8. The SMILES string of the molecule is Cn1cccc1C=Nc1ccc(N2CCOCC2)cc1. The number of rotatable bonds is 3. The largest absolute Gasteiger partial charge is 0.378 e. The number of aromatic nitrogens is 1. The lowest BCUT2D eigenvalue weighted by molar-refractivity contribution is 0.122. The molecule has 0 N–H and O–H groups in total. The van der Waals surface area contributed by atoms with Gasteiger partial charge < -0.3 is 14.2 Å². The van der Waals surface area contributed by atoms with Gasteiger partial charge >= 0.3 is 0 Å². The van der Waals surface area contributed by atoms with Crippen molar-refractivity contribution in [1.82, 2.24) is 4.57 Å². The molecule has 1 aliphatic heterocycles. The van der Waals surface area contributed by atoms with E-state index in [1.54, 1.807) is 0 Å². The van der Waals surface area contributed by atoms with Crippen LogP contribution in [0.2, 0.25) is 0 Å². The summed E-state index contributed by atoms with van der Waals surface area (Å²) in [5, 5.41) is 0. The van der Waals surface area contributed by atoms with Gasteiger partial charge in [-0.05, 0) is 36.4 Å². The molecule has 1 saturated heterocycles. The second kappa shape index (κ2) is 5.92. The third kappa shape index (κ3) is 2.91. The highest BCUT2D eigenvalue weighted by Gasteiger charge is 2.10. The molecule has 0 radical (unpaired) electrons. The average Bonchev–Trinajstić information content (AvgIpc) is 2.92. The van der Waals surface area contributed by atoms with Crippen LogP contribution in [0.3, 0.4) is 0 Å². The summed E-state index contributed by atoms with van der Waals surface area (Å²) < 4.78 is 7.42. The number of aryl methyl sites for hydroxylation is 1. The van der Waals surface area contributed by atoms with Crippen LogP contribution in [0, 0.1) is 0 Å². The first-order valence-corrected chi connectivity index (χ1v) is 6.91. The van der Waals surface area contributed by atoms with Crippen molar-refractivity contribution in [3.05, 3.63) is 48.3 Å². The number of ether oxygens (including phenoxy) is 1. The number of morpholine rings is 1. The van der Waals surface area contributed by atoms with Crippen LogP contribution in [-0.2, 0) is 11.8 Å². The van der Waals surface area contributed by atoms with Gasteiger partial charge in [0.05, 0.1) is 30.8 Å². The van der Waals surface area contributed by atoms with E-state index in [2.05, 4.69) is 34.2 Å². The molecule has 0 bridgehead atoms. The number of hydrogen-bond acceptors (Lipinski definition) is 3. The topological polar surface area (TPSA) is 29.8 Å². The van der Waals surface area contributed by atoms with Crippen molar-refractivity contribution in [3.8, 4) is 0 Å². The van der Waals surface area contributed by atoms with E-state index in [0.717, 1.165) is 37.7 Å². The fraction of sp³-hybridized carbons (Fsp3) is 0.312. The summed E-state index contributed by atoms with van der Waals surface area (Å²) in [6, 6.07) is 12.4. The predicted molar refractivity (Wildman–Crippen MR) is 82.1 cm³/mol. The van der Waals surface area contributed by atoms with Crippen LogP contribution in [-0.4, -0.2) is 37.1 Å². The maximum atomic E-state index is 5.37. The van der Waals surface area contributed by atoms with Crippen molar-refractivity contribution < 1.29 is 4.74 Å². The molecule has 1 aromatic carbocycles. The Morgan fingerprint density at radius 2 is 1.85 bits per heavy atom. The van der Waals surface area contributed by atoms with Gasteiger partial charge in [0.1, 0.15) is 0 Å². The molecular weight excluding hydrogens is 250 g/mol. The lowest BCUT2D eigenvalue weighted by atomic mass is 10.2. The summed E-state index contributed by atoms with van der Waals surface area (Å²) in [4.78, 5) is 6.85. The van der Waals surface area contributed by atoms with Crippen LogP contribution >= 0.6 is 0 Å². The molecule has 0 atom stereocenters. The summed E-state index contributed by atoms with van der Waals surface area (Å²) >= 11 is 0. The molecule has 4 heteroatoms. The number of benzene rings is 1. The van der Waals surface area contributed by atoms with Crippen LogP contribution in [0.1, 0.15) is 5.69 Å². The van der Waals surface area contributed by atoms with Crippen LogP contribution in [0.25, 0.3) is 0 Å². The molecule has 0 saturated carbocycles.